The molecule has 0 heterocycles. The number of carbonyl (C=O) groups is 1. The van der Waals surface area contributed by atoms with Crippen molar-refractivity contribution in [3.8, 4) is 0 Å². The van der Waals surface area contributed by atoms with Crippen LogP contribution in [0.25, 0.3) is 0 Å². The van der Waals surface area contributed by atoms with E-state index < -0.39 is 0 Å². The van der Waals surface area contributed by atoms with E-state index in [4.69, 9.17) is 0 Å². The number of hydrogen-bond donors (Lipinski definition) is 1. The lowest BCUT2D eigenvalue weighted by Crippen LogP contribution is -2.52. The lowest BCUT2D eigenvalue weighted by atomic mass is 9.65. The first-order valence-corrected chi connectivity index (χ1v) is 8.51. The third-order valence-corrected chi connectivity index (χ3v) is 6.08. The fourth-order valence-electron chi connectivity index (χ4n) is 5.33. The minimum atomic E-state index is 0.0980. The molecule has 2 nitrogen and oxygen atoms in total. The summed E-state index contributed by atoms with van der Waals surface area (Å²) in [5.74, 6) is 2.80. The number of hydrogen-bond acceptors (Lipinski definition) is 1. The van der Waals surface area contributed by atoms with Gasteiger partial charge in [0.2, 0.25) is 0 Å². The number of nitrogens with one attached hydrogen (secondary N) is 1. The molecule has 2 atom stereocenters. The van der Waals surface area contributed by atoms with E-state index in [9.17, 15) is 4.79 Å². The van der Waals surface area contributed by atoms with E-state index >= 15 is 0 Å². The first-order chi connectivity index (χ1) is 10.1. The van der Waals surface area contributed by atoms with Crippen molar-refractivity contribution in [2.24, 2.45) is 17.8 Å². The summed E-state index contributed by atoms with van der Waals surface area (Å²) in [6.07, 6.45) is 9.20. The Labute approximate surface area is 127 Å². The number of rotatable bonds is 2. The minimum absolute atomic E-state index is 0.0980. The predicted octanol–water partition coefficient (Wildman–Crippen LogP) is 4.08. The van der Waals surface area contributed by atoms with Crippen LogP contribution in [-0.2, 0) is 0 Å². The molecule has 1 N–H and O–H groups in total. The number of amides is 1. The Bertz CT molecular complexity index is 533. The molecule has 4 bridgehead atoms. The molecule has 4 saturated carbocycles. The molecule has 0 spiro atoms. The Morgan fingerprint density at radius 1 is 1.05 bits per heavy atom. The molecule has 4 aliphatic carbocycles. The van der Waals surface area contributed by atoms with Crippen LogP contribution >= 0.6 is 0 Å². The van der Waals surface area contributed by atoms with Crippen LogP contribution in [-0.4, -0.2) is 11.4 Å². The van der Waals surface area contributed by atoms with Crippen LogP contribution in [0, 0.1) is 24.7 Å². The van der Waals surface area contributed by atoms with Crippen molar-refractivity contribution < 1.29 is 4.79 Å². The summed E-state index contributed by atoms with van der Waals surface area (Å²) in [5, 5.41) is 3.46. The Morgan fingerprint density at radius 2 is 1.67 bits per heavy atom. The molecular formula is C19H25NO. The Morgan fingerprint density at radius 3 is 2.33 bits per heavy atom. The largest absolute Gasteiger partial charge is 0.347 e. The van der Waals surface area contributed by atoms with Crippen LogP contribution in [0.3, 0.4) is 0 Å². The van der Waals surface area contributed by atoms with Crippen LogP contribution in [0.15, 0.2) is 24.3 Å². The van der Waals surface area contributed by atoms with Crippen molar-refractivity contribution in [2.45, 2.75) is 57.4 Å². The first kappa shape index (κ1) is 13.4. The van der Waals surface area contributed by atoms with Crippen LogP contribution in [0.4, 0.5) is 0 Å². The minimum Gasteiger partial charge on any atom is -0.347 e. The lowest BCUT2D eigenvalue weighted by Gasteiger charge is -2.45. The third kappa shape index (κ3) is 2.49. The number of aryl methyl sites for hydroxylation is 1. The molecular weight excluding hydrogens is 258 g/mol. The van der Waals surface area contributed by atoms with Crippen molar-refractivity contribution in [3.63, 3.8) is 0 Å². The fraction of sp³-hybridized carbons (Fsp3) is 0.632. The SMILES string of the molecule is Cc1ccc(C(=O)NC23CCC4C[C@@H](C[C@H](C4)C2)C3)cc1. The molecule has 0 unspecified atom stereocenters. The van der Waals surface area contributed by atoms with Crippen molar-refractivity contribution in [1.82, 2.24) is 5.32 Å². The molecule has 1 amide bonds. The molecule has 2 heteroatoms. The topological polar surface area (TPSA) is 29.1 Å². The summed E-state index contributed by atoms with van der Waals surface area (Å²) in [4.78, 5) is 12.6. The highest BCUT2D eigenvalue weighted by atomic mass is 16.1. The van der Waals surface area contributed by atoms with E-state index in [1.54, 1.807) is 0 Å². The second-order valence-electron chi connectivity index (χ2n) is 7.85. The van der Waals surface area contributed by atoms with Gasteiger partial charge in [-0.1, -0.05) is 17.7 Å². The van der Waals surface area contributed by atoms with Crippen molar-refractivity contribution in [1.29, 1.82) is 0 Å². The maximum Gasteiger partial charge on any atom is 0.251 e. The second kappa shape index (κ2) is 4.86. The van der Waals surface area contributed by atoms with E-state index in [0.29, 0.717) is 0 Å². The van der Waals surface area contributed by atoms with E-state index in [1.807, 2.05) is 24.3 Å². The van der Waals surface area contributed by atoms with Gasteiger partial charge in [0.25, 0.3) is 5.91 Å². The number of fused-ring (bicyclic) bond motifs is 1. The normalized spacial score (nSPS) is 37.3. The standard InChI is InChI=1S/C19H25NO/c1-13-2-4-17(5-3-13)18(21)20-19-7-6-14-8-15(11-19)10-16(9-14)12-19/h2-5,14-16H,6-12H2,1H3,(H,20,21)/t14?,15-,16-,19?/m0/s1. The van der Waals surface area contributed by atoms with E-state index in [-0.39, 0.29) is 11.4 Å². The zero-order valence-electron chi connectivity index (χ0n) is 12.9. The van der Waals surface area contributed by atoms with E-state index in [0.717, 1.165) is 23.3 Å². The number of carbonyl (C=O) groups excluding carboxylic acids is 1. The summed E-state index contributed by atoms with van der Waals surface area (Å²) in [6, 6.07) is 7.97. The first-order valence-electron chi connectivity index (χ1n) is 8.51. The summed E-state index contributed by atoms with van der Waals surface area (Å²) < 4.78 is 0. The van der Waals surface area contributed by atoms with Crippen molar-refractivity contribution >= 4 is 5.91 Å². The molecule has 0 radical (unpaired) electrons. The quantitative estimate of drug-likeness (QED) is 0.870. The Hall–Kier alpha value is -1.31. The molecule has 21 heavy (non-hydrogen) atoms. The Balaban J connectivity index is 1.55. The second-order valence-corrected chi connectivity index (χ2v) is 7.85. The molecule has 0 saturated heterocycles. The van der Waals surface area contributed by atoms with Crippen LogP contribution in [0.1, 0.15) is 60.9 Å². The maximum atomic E-state index is 12.6. The van der Waals surface area contributed by atoms with Gasteiger partial charge >= 0.3 is 0 Å². The summed E-state index contributed by atoms with van der Waals surface area (Å²) in [6.45, 7) is 2.06. The molecule has 0 aromatic heterocycles. The van der Waals surface area contributed by atoms with Gasteiger partial charge in [0, 0.05) is 11.1 Å². The van der Waals surface area contributed by atoms with Crippen LogP contribution in [0.2, 0.25) is 0 Å². The maximum absolute atomic E-state index is 12.6. The van der Waals surface area contributed by atoms with E-state index in [2.05, 4.69) is 12.2 Å². The fourth-order valence-corrected chi connectivity index (χ4v) is 5.33. The monoisotopic (exact) mass is 283 g/mol. The highest BCUT2D eigenvalue weighted by molar-refractivity contribution is 5.94. The lowest BCUT2D eigenvalue weighted by molar-refractivity contribution is 0.0714. The average molecular weight is 283 g/mol. The van der Waals surface area contributed by atoms with Gasteiger partial charge in [-0.15, -0.1) is 0 Å². The van der Waals surface area contributed by atoms with Crippen molar-refractivity contribution in [2.75, 3.05) is 0 Å². The van der Waals surface area contributed by atoms with E-state index in [1.165, 1.54) is 50.5 Å². The average Bonchev–Trinajstić information content (AvgIpc) is 2.63. The predicted molar refractivity (Wildman–Crippen MR) is 84.2 cm³/mol. The van der Waals surface area contributed by atoms with Gasteiger partial charge in [-0.05, 0) is 81.8 Å². The Kier molecular flexibility index (Phi) is 3.09. The molecule has 1 aromatic rings. The van der Waals surface area contributed by atoms with Crippen molar-refractivity contribution in [3.05, 3.63) is 35.4 Å². The number of benzene rings is 1. The summed E-state index contributed by atoms with van der Waals surface area (Å²) in [7, 11) is 0. The van der Waals surface area contributed by atoms with Gasteiger partial charge in [-0.2, -0.15) is 0 Å². The zero-order chi connectivity index (χ0) is 14.4. The van der Waals surface area contributed by atoms with Gasteiger partial charge in [0.15, 0.2) is 0 Å². The molecule has 1 aromatic carbocycles. The molecule has 4 aliphatic rings. The third-order valence-electron chi connectivity index (χ3n) is 6.08. The molecule has 0 aliphatic heterocycles. The molecule has 112 valence electrons. The van der Waals surface area contributed by atoms with Crippen LogP contribution < -0.4 is 5.32 Å². The molecule has 5 rings (SSSR count). The smallest absolute Gasteiger partial charge is 0.251 e. The highest BCUT2D eigenvalue weighted by Gasteiger charge is 2.48. The van der Waals surface area contributed by atoms with Gasteiger partial charge in [-0.3, -0.25) is 4.79 Å². The zero-order valence-corrected chi connectivity index (χ0v) is 12.9. The summed E-state index contributed by atoms with van der Waals surface area (Å²) >= 11 is 0. The van der Waals surface area contributed by atoms with Gasteiger partial charge in [0.05, 0.1) is 0 Å². The van der Waals surface area contributed by atoms with Gasteiger partial charge in [0.1, 0.15) is 0 Å². The van der Waals surface area contributed by atoms with Gasteiger partial charge in [-0.25, -0.2) is 0 Å². The highest BCUT2D eigenvalue weighted by Crippen LogP contribution is 2.53. The summed E-state index contributed by atoms with van der Waals surface area (Å²) in [5.41, 5.74) is 2.12. The molecule has 4 fully saturated rings. The van der Waals surface area contributed by atoms with Gasteiger partial charge < -0.3 is 5.32 Å². The van der Waals surface area contributed by atoms with Crippen LogP contribution in [0.5, 0.6) is 0 Å².